The summed E-state index contributed by atoms with van der Waals surface area (Å²) in [5.41, 5.74) is 3.79. The molecule has 5 heteroatoms. The van der Waals surface area contributed by atoms with Crippen LogP contribution in [-0.2, 0) is 4.79 Å². The van der Waals surface area contributed by atoms with E-state index in [1.165, 1.54) is 0 Å². The van der Waals surface area contributed by atoms with Gasteiger partial charge in [-0.3, -0.25) is 4.79 Å². The van der Waals surface area contributed by atoms with Crippen molar-refractivity contribution < 1.29 is 14.6 Å². The number of carbonyl (C=O) groups excluding carboxylic acids is 1. The van der Waals surface area contributed by atoms with Crippen LogP contribution < -0.4 is 10.1 Å². The first-order chi connectivity index (χ1) is 11.2. The fraction of sp³-hybridized carbons (Fsp3) is 0.0556. The average Bonchev–Trinajstić information content (AvgIpc) is 3.09. The van der Waals surface area contributed by atoms with E-state index in [-0.39, 0.29) is 11.7 Å². The quantitative estimate of drug-likeness (QED) is 0.502. The van der Waals surface area contributed by atoms with E-state index in [0.29, 0.717) is 16.8 Å². The molecule has 1 amide bonds. The van der Waals surface area contributed by atoms with Crippen molar-refractivity contribution in [3.63, 3.8) is 0 Å². The maximum absolute atomic E-state index is 12.2. The van der Waals surface area contributed by atoms with Crippen LogP contribution in [0.4, 0.5) is 5.69 Å². The van der Waals surface area contributed by atoms with E-state index >= 15 is 0 Å². The number of aromatic hydroxyl groups is 1. The molecule has 3 aromatic rings. The van der Waals surface area contributed by atoms with Gasteiger partial charge in [-0.2, -0.15) is 0 Å². The van der Waals surface area contributed by atoms with Gasteiger partial charge < -0.3 is 20.1 Å². The van der Waals surface area contributed by atoms with Gasteiger partial charge in [-0.05, 0) is 42.5 Å². The Bertz CT molecular complexity index is 970. The summed E-state index contributed by atoms with van der Waals surface area (Å²) in [6, 6.07) is 10.6. The normalized spacial score (nSPS) is 15.0. The van der Waals surface area contributed by atoms with Gasteiger partial charge in [0.1, 0.15) is 11.5 Å². The van der Waals surface area contributed by atoms with Gasteiger partial charge >= 0.3 is 0 Å². The third-order valence-corrected chi connectivity index (χ3v) is 4.01. The summed E-state index contributed by atoms with van der Waals surface area (Å²) < 4.78 is 5.26. The van der Waals surface area contributed by atoms with Crippen molar-refractivity contribution in [1.82, 2.24) is 4.98 Å². The van der Waals surface area contributed by atoms with E-state index in [4.69, 9.17) is 4.74 Å². The zero-order valence-corrected chi connectivity index (χ0v) is 12.4. The molecule has 5 nitrogen and oxygen atoms in total. The molecule has 0 aliphatic carbocycles. The number of aromatic amines is 1. The minimum Gasteiger partial charge on any atom is -0.508 e. The number of hydrogen-bond donors (Lipinski definition) is 3. The largest absolute Gasteiger partial charge is 0.508 e. The number of phenolic OH excluding ortho intramolecular Hbond substituents is 1. The van der Waals surface area contributed by atoms with E-state index in [1.54, 1.807) is 25.3 Å². The number of hydrogen-bond acceptors (Lipinski definition) is 3. The lowest BCUT2D eigenvalue weighted by Crippen LogP contribution is -2.03. The molecule has 0 bridgehead atoms. The van der Waals surface area contributed by atoms with Gasteiger partial charge in [-0.15, -0.1) is 0 Å². The number of methoxy groups -OCH3 is 1. The fourth-order valence-corrected chi connectivity index (χ4v) is 2.84. The standard InChI is InChI=1S/C18H14N2O3/c1-23-12-3-5-16-13(8-12)10(9-19-16)6-15-14-7-11(21)2-4-17(14)20-18(15)22/h2-9,19,21H,1H3,(H,20,22). The number of nitrogens with one attached hydrogen (secondary N) is 2. The molecule has 0 saturated heterocycles. The van der Waals surface area contributed by atoms with E-state index in [2.05, 4.69) is 10.3 Å². The maximum atomic E-state index is 12.2. The van der Waals surface area contributed by atoms with Gasteiger partial charge in [-0.1, -0.05) is 0 Å². The minimum atomic E-state index is -0.178. The Morgan fingerprint density at radius 2 is 2.04 bits per heavy atom. The molecule has 0 atom stereocenters. The first kappa shape index (κ1) is 13.5. The lowest BCUT2D eigenvalue weighted by molar-refractivity contribution is -0.110. The molecular formula is C18H14N2O3. The van der Waals surface area contributed by atoms with E-state index in [9.17, 15) is 9.90 Å². The number of benzene rings is 2. The number of amides is 1. The van der Waals surface area contributed by atoms with Crippen LogP contribution in [0, 0.1) is 0 Å². The Hall–Kier alpha value is -3.21. The highest BCUT2D eigenvalue weighted by Crippen LogP contribution is 2.36. The molecule has 0 spiro atoms. The van der Waals surface area contributed by atoms with E-state index in [1.807, 2.05) is 30.5 Å². The van der Waals surface area contributed by atoms with Crippen molar-refractivity contribution in [2.75, 3.05) is 12.4 Å². The van der Waals surface area contributed by atoms with Crippen LogP contribution in [-0.4, -0.2) is 23.1 Å². The van der Waals surface area contributed by atoms with E-state index in [0.717, 1.165) is 22.2 Å². The monoisotopic (exact) mass is 306 g/mol. The topological polar surface area (TPSA) is 74.4 Å². The number of ether oxygens (including phenoxy) is 1. The second-order valence-electron chi connectivity index (χ2n) is 5.40. The second kappa shape index (κ2) is 4.91. The summed E-state index contributed by atoms with van der Waals surface area (Å²) in [6.45, 7) is 0. The third kappa shape index (κ3) is 2.14. The van der Waals surface area contributed by atoms with Gasteiger partial charge in [-0.25, -0.2) is 0 Å². The van der Waals surface area contributed by atoms with Crippen LogP contribution in [0.5, 0.6) is 11.5 Å². The molecule has 2 aromatic carbocycles. The van der Waals surface area contributed by atoms with Crippen LogP contribution in [0.3, 0.4) is 0 Å². The number of phenols is 1. The summed E-state index contributed by atoms with van der Waals surface area (Å²) in [6.07, 6.45) is 3.67. The fourth-order valence-electron chi connectivity index (χ4n) is 2.84. The summed E-state index contributed by atoms with van der Waals surface area (Å²) in [5, 5.41) is 13.5. The lowest BCUT2D eigenvalue weighted by atomic mass is 10.0. The molecule has 1 aliphatic rings. The second-order valence-corrected chi connectivity index (χ2v) is 5.40. The number of carbonyl (C=O) groups is 1. The van der Waals surface area contributed by atoms with Crippen molar-refractivity contribution in [2.45, 2.75) is 0 Å². The number of fused-ring (bicyclic) bond motifs is 2. The number of anilines is 1. The molecule has 1 aromatic heterocycles. The SMILES string of the molecule is COc1ccc2[nH]cc(C=C3C(=O)Nc4ccc(O)cc43)c2c1. The van der Waals surface area contributed by atoms with Crippen molar-refractivity contribution in [3.05, 3.63) is 53.7 Å². The van der Waals surface area contributed by atoms with Gasteiger partial charge in [0.15, 0.2) is 0 Å². The molecule has 114 valence electrons. The molecule has 0 unspecified atom stereocenters. The van der Waals surface area contributed by atoms with Crippen LogP contribution >= 0.6 is 0 Å². The highest BCUT2D eigenvalue weighted by molar-refractivity contribution is 6.35. The Morgan fingerprint density at radius 1 is 1.17 bits per heavy atom. The van der Waals surface area contributed by atoms with E-state index < -0.39 is 0 Å². The Morgan fingerprint density at radius 3 is 2.87 bits per heavy atom. The smallest absolute Gasteiger partial charge is 0.256 e. The van der Waals surface area contributed by atoms with Crippen molar-refractivity contribution in [3.8, 4) is 11.5 Å². The maximum Gasteiger partial charge on any atom is 0.256 e. The molecule has 23 heavy (non-hydrogen) atoms. The Labute approximate surface area is 132 Å². The molecule has 2 heterocycles. The summed E-state index contributed by atoms with van der Waals surface area (Å²) in [7, 11) is 1.62. The predicted molar refractivity (Wildman–Crippen MR) is 89.5 cm³/mol. The Balaban J connectivity index is 1.88. The van der Waals surface area contributed by atoms with Gasteiger partial charge in [0.25, 0.3) is 5.91 Å². The van der Waals surface area contributed by atoms with Crippen molar-refractivity contribution in [2.24, 2.45) is 0 Å². The summed E-state index contributed by atoms with van der Waals surface area (Å²) >= 11 is 0. The van der Waals surface area contributed by atoms with Crippen LogP contribution in [0.2, 0.25) is 0 Å². The predicted octanol–water partition coefficient (Wildman–Crippen LogP) is 3.37. The minimum absolute atomic E-state index is 0.131. The average molecular weight is 306 g/mol. The summed E-state index contributed by atoms with van der Waals surface area (Å²) in [4.78, 5) is 15.4. The molecule has 0 radical (unpaired) electrons. The first-order valence-corrected chi connectivity index (χ1v) is 7.17. The first-order valence-electron chi connectivity index (χ1n) is 7.17. The van der Waals surface area contributed by atoms with Crippen LogP contribution in [0.1, 0.15) is 11.1 Å². The van der Waals surface area contributed by atoms with Crippen molar-refractivity contribution in [1.29, 1.82) is 0 Å². The summed E-state index contributed by atoms with van der Waals surface area (Å²) in [5.74, 6) is 0.709. The van der Waals surface area contributed by atoms with Gasteiger partial charge in [0, 0.05) is 39.5 Å². The third-order valence-electron chi connectivity index (χ3n) is 4.01. The lowest BCUT2D eigenvalue weighted by Gasteiger charge is -2.01. The molecule has 4 rings (SSSR count). The zero-order valence-electron chi connectivity index (χ0n) is 12.4. The number of aromatic nitrogens is 1. The Kier molecular flexibility index (Phi) is 2.87. The van der Waals surface area contributed by atoms with Gasteiger partial charge in [0.05, 0.1) is 7.11 Å². The van der Waals surface area contributed by atoms with Crippen LogP contribution in [0.25, 0.3) is 22.6 Å². The molecule has 3 N–H and O–H groups in total. The number of H-pyrrole nitrogens is 1. The molecule has 1 aliphatic heterocycles. The van der Waals surface area contributed by atoms with Gasteiger partial charge in [0.2, 0.25) is 0 Å². The highest BCUT2D eigenvalue weighted by atomic mass is 16.5. The van der Waals surface area contributed by atoms with Crippen LogP contribution in [0.15, 0.2) is 42.6 Å². The molecule has 0 saturated carbocycles. The molecule has 0 fully saturated rings. The zero-order chi connectivity index (χ0) is 16.0. The number of rotatable bonds is 2. The highest BCUT2D eigenvalue weighted by Gasteiger charge is 2.24. The molecular weight excluding hydrogens is 292 g/mol. The van der Waals surface area contributed by atoms with Crippen molar-refractivity contribution >= 4 is 34.1 Å².